The van der Waals surface area contributed by atoms with Gasteiger partial charge in [-0.1, -0.05) is 133 Å². The van der Waals surface area contributed by atoms with Crippen molar-refractivity contribution in [2.75, 3.05) is 0 Å². The lowest BCUT2D eigenvalue weighted by Gasteiger charge is -2.18. The highest BCUT2D eigenvalue weighted by atomic mass is 19.1. The van der Waals surface area contributed by atoms with E-state index in [2.05, 4.69) is 38.1 Å². The van der Waals surface area contributed by atoms with Crippen LogP contribution in [0, 0.1) is 0 Å². The van der Waals surface area contributed by atoms with Gasteiger partial charge < -0.3 is 4.74 Å². The van der Waals surface area contributed by atoms with Crippen molar-refractivity contribution in [2.24, 2.45) is 0 Å². The molecule has 0 bridgehead atoms. The molecule has 0 aliphatic rings. The summed E-state index contributed by atoms with van der Waals surface area (Å²) in [5.41, 5.74) is 3.33. The lowest BCUT2D eigenvalue weighted by Crippen LogP contribution is -2.34. The summed E-state index contributed by atoms with van der Waals surface area (Å²) in [7, 11) is 0. The van der Waals surface area contributed by atoms with Crippen LogP contribution in [0.2, 0.25) is 0 Å². The monoisotopic (exact) mass is 573 g/mol. The van der Waals surface area contributed by atoms with Crippen LogP contribution in [-0.2, 0) is 11.2 Å². The zero-order valence-electron chi connectivity index (χ0n) is 26.3. The lowest BCUT2D eigenvalue weighted by molar-refractivity contribution is -0.147. The SMILES string of the molecule is CCCCCCCCCCc1ccc(-c2ccccc2-c2ccc(OC(=O)C(C)(F)CCCCCCCC)cc2)nc1. The number of hydrogen-bond donors (Lipinski definition) is 0. The van der Waals surface area contributed by atoms with Gasteiger partial charge in [0.2, 0.25) is 5.67 Å². The number of halogens is 1. The number of pyridine rings is 1. The molecule has 0 N–H and O–H groups in total. The van der Waals surface area contributed by atoms with Gasteiger partial charge in [-0.3, -0.25) is 4.98 Å². The molecule has 0 saturated carbocycles. The number of benzene rings is 2. The predicted octanol–water partition coefficient (Wildman–Crippen LogP) is 11.5. The Kier molecular flexibility index (Phi) is 14.8. The van der Waals surface area contributed by atoms with E-state index >= 15 is 4.39 Å². The molecule has 1 heterocycles. The van der Waals surface area contributed by atoms with E-state index in [1.807, 2.05) is 30.5 Å². The number of hydrogen-bond acceptors (Lipinski definition) is 3. The molecule has 3 rings (SSSR count). The molecule has 0 fully saturated rings. The Morgan fingerprint density at radius 2 is 1.29 bits per heavy atom. The number of ether oxygens (including phenoxy) is 1. The summed E-state index contributed by atoms with van der Waals surface area (Å²) in [6, 6.07) is 19.8. The first kappa shape index (κ1) is 33.5. The van der Waals surface area contributed by atoms with E-state index in [0.29, 0.717) is 12.2 Å². The standard InChI is InChI=1S/C38H52FNO2/c1-4-6-8-10-12-13-14-16-20-31-23-28-36(40-30-31)35-22-18-17-21-34(35)32-24-26-33(27-25-32)42-37(41)38(3,39)29-19-15-11-9-7-5-2/h17-18,21-28,30H,4-16,19-20,29H2,1-3H3. The van der Waals surface area contributed by atoms with Crippen molar-refractivity contribution in [3.05, 3.63) is 72.4 Å². The van der Waals surface area contributed by atoms with Crippen LogP contribution < -0.4 is 4.74 Å². The van der Waals surface area contributed by atoms with Gasteiger partial charge in [-0.2, -0.15) is 0 Å². The third-order valence-electron chi connectivity index (χ3n) is 8.15. The van der Waals surface area contributed by atoms with Gasteiger partial charge in [0.1, 0.15) is 5.75 Å². The van der Waals surface area contributed by atoms with E-state index in [1.54, 1.807) is 12.1 Å². The Morgan fingerprint density at radius 3 is 1.88 bits per heavy atom. The van der Waals surface area contributed by atoms with Crippen LogP contribution >= 0.6 is 0 Å². The van der Waals surface area contributed by atoms with Gasteiger partial charge in [0.25, 0.3) is 0 Å². The molecule has 0 aliphatic carbocycles. The van der Waals surface area contributed by atoms with Gasteiger partial charge in [0.05, 0.1) is 5.69 Å². The largest absolute Gasteiger partial charge is 0.424 e. The smallest absolute Gasteiger partial charge is 0.348 e. The molecule has 1 aromatic heterocycles. The Bertz CT molecular complexity index is 1170. The van der Waals surface area contributed by atoms with Gasteiger partial charge in [-0.25, -0.2) is 9.18 Å². The minimum Gasteiger partial charge on any atom is -0.424 e. The Morgan fingerprint density at radius 1 is 0.714 bits per heavy atom. The fourth-order valence-electron chi connectivity index (χ4n) is 5.41. The van der Waals surface area contributed by atoms with E-state index in [-0.39, 0.29) is 6.42 Å². The molecule has 228 valence electrons. The van der Waals surface area contributed by atoms with Gasteiger partial charge in [-0.05, 0) is 67.5 Å². The van der Waals surface area contributed by atoms with Crippen LogP contribution in [0.4, 0.5) is 4.39 Å². The van der Waals surface area contributed by atoms with E-state index in [9.17, 15) is 4.79 Å². The van der Waals surface area contributed by atoms with E-state index in [1.165, 1.54) is 83.1 Å². The number of aromatic nitrogens is 1. The molecule has 3 nitrogen and oxygen atoms in total. The second-order valence-electron chi connectivity index (χ2n) is 12.0. The molecular weight excluding hydrogens is 521 g/mol. The number of aryl methyl sites for hydroxylation is 1. The molecule has 0 aliphatic heterocycles. The first-order chi connectivity index (χ1) is 20.4. The molecule has 0 radical (unpaired) electrons. The van der Waals surface area contributed by atoms with Crippen molar-refractivity contribution in [2.45, 2.75) is 129 Å². The molecule has 0 saturated heterocycles. The van der Waals surface area contributed by atoms with Crippen molar-refractivity contribution in [3.63, 3.8) is 0 Å². The highest BCUT2D eigenvalue weighted by molar-refractivity contribution is 5.83. The van der Waals surface area contributed by atoms with Gasteiger partial charge >= 0.3 is 5.97 Å². The normalized spacial score (nSPS) is 12.7. The minimum absolute atomic E-state index is 0.189. The minimum atomic E-state index is -1.98. The highest BCUT2D eigenvalue weighted by Gasteiger charge is 2.34. The number of rotatable bonds is 20. The molecule has 0 spiro atoms. The van der Waals surface area contributed by atoms with E-state index in [4.69, 9.17) is 9.72 Å². The summed E-state index contributed by atoms with van der Waals surface area (Å²) < 4.78 is 20.5. The molecule has 42 heavy (non-hydrogen) atoms. The fourth-order valence-corrected chi connectivity index (χ4v) is 5.41. The Labute approximate surface area is 254 Å². The molecule has 1 unspecified atom stereocenters. The first-order valence-corrected chi connectivity index (χ1v) is 16.5. The number of carbonyl (C=O) groups is 1. The van der Waals surface area contributed by atoms with Gasteiger partial charge in [0, 0.05) is 11.8 Å². The van der Waals surface area contributed by atoms with E-state index < -0.39 is 11.6 Å². The topological polar surface area (TPSA) is 39.2 Å². The molecule has 4 heteroatoms. The summed E-state index contributed by atoms with van der Waals surface area (Å²) in [5.74, 6) is -0.461. The Balaban J connectivity index is 1.53. The maximum atomic E-state index is 15.0. The van der Waals surface area contributed by atoms with Crippen molar-refractivity contribution >= 4 is 5.97 Å². The van der Waals surface area contributed by atoms with Crippen molar-refractivity contribution < 1.29 is 13.9 Å². The number of nitrogens with zero attached hydrogens (tertiary/aromatic N) is 1. The molecule has 3 aromatic rings. The average molecular weight is 574 g/mol. The molecule has 2 aromatic carbocycles. The van der Waals surface area contributed by atoms with Crippen molar-refractivity contribution in [1.82, 2.24) is 4.98 Å². The molecular formula is C38H52FNO2. The predicted molar refractivity (Wildman–Crippen MR) is 175 cm³/mol. The van der Waals surface area contributed by atoms with Crippen LogP contribution in [0.25, 0.3) is 22.4 Å². The van der Waals surface area contributed by atoms with Crippen molar-refractivity contribution in [1.29, 1.82) is 0 Å². The highest BCUT2D eigenvalue weighted by Crippen LogP contribution is 2.32. The van der Waals surface area contributed by atoms with Crippen LogP contribution in [0.15, 0.2) is 66.9 Å². The van der Waals surface area contributed by atoms with Crippen LogP contribution in [0.3, 0.4) is 0 Å². The molecule has 0 amide bonds. The molecule has 1 atom stereocenters. The zero-order valence-corrected chi connectivity index (χ0v) is 26.3. The fraction of sp³-hybridized carbons (Fsp3) is 0.526. The summed E-state index contributed by atoms with van der Waals surface area (Å²) in [5, 5.41) is 0. The van der Waals surface area contributed by atoms with Gasteiger partial charge in [-0.15, -0.1) is 0 Å². The zero-order chi connectivity index (χ0) is 30.0. The summed E-state index contributed by atoms with van der Waals surface area (Å²) >= 11 is 0. The summed E-state index contributed by atoms with van der Waals surface area (Å²) in [6.07, 6.45) is 20.1. The van der Waals surface area contributed by atoms with Gasteiger partial charge in [0.15, 0.2) is 0 Å². The average Bonchev–Trinajstić information content (AvgIpc) is 3.01. The quantitative estimate of drug-likeness (QED) is 0.0766. The third-order valence-corrected chi connectivity index (χ3v) is 8.15. The second-order valence-corrected chi connectivity index (χ2v) is 12.0. The second kappa shape index (κ2) is 18.5. The Hall–Kier alpha value is -3.01. The van der Waals surface area contributed by atoms with Crippen LogP contribution in [0.5, 0.6) is 5.75 Å². The number of unbranched alkanes of at least 4 members (excludes halogenated alkanes) is 12. The van der Waals surface area contributed by atoms with Crippen LogP contribution in [0.1, 0.15) is 123 Å². The van der Waals surface area contributed by atoms with Crippen LogP contribution in [-0.4, -0.2) is 16.6 Å². The number of alkyl halides is 1. The lowest BCUT2D eigenvalue weighted by atomic mass is 9.96. The first-order valence-electron chi connectivity index (χ1n) is 16.5. The van der Waals surface area contributed by atoms with E-state index in [0.717, 1.165) is 41.6 Å². The maximum absolute atomic E-state index is 15.0. The third kappa shape index (κ3) is 11.3. The van der Waals surface area contributed by atoms with Crippen molar-refractivity contribution in [3.8, 4) is 28.1 Å². The number of carbonyl (C=O) groups excluding carboxylic acids is 1. The maximum Gasteiger partial charge on any atom is 0.348 e. The summed E-state index contributed by atoms with van der Waals surface area (Å²) in [6.45, 7) is 5.77. The number of esters is 1. The summed E-state index contributed by atoms with van der Waals surface area (Å²) in [4.78, 5) is 17.4.